The second-order valence-electron chi connectivity index (χ2n) is 9.32. The fourth-order valence-electron chi connectivity index (χ4n) is 4.60. The molecule has 2 N–H and O–H groups in total. The summed E-state index contributed by atoms with van der Waals surface area (Å²) >= 11 is 12.0. The average Bonchev–Trinajstić information content (AvgIpc) is 3.44. The van der Waals surface area contributed by atoms with Crippen LogP contribution in [0.2, 0.25) is 10.0 Å². The number of benzene rings is 4. The Hall–Kier alpha value is -3.38. The molecule has 0 amide bonds. The van der Waals surface area contributed by atoms with Crippen molar-refractivity contribution < 1.29 is 39.3 Å². The maximum absolute atomic E-state index is 10.9. The third-order valence-electron chi connectivity index (χ3n) is 6.88. The van der Waals surface area contributed by atoms with E-state index in [0.29, 0.717) is 10.0 Å². The second-order valence-corrected chi connectivity index (χ2v) is 10.2. The minimum Gasteiger partial charge on any atom is -0.550 e. The van der Waals surface area contributed by atoms with E-state index in [0.717, 1.165) is 54.7 Å². The van der Waals surface area contributed by atoms with E-state index < -0.39 is 23.8 Å². The molecule has 192 valence electrons. The van der Waals surface area contributed by atoms with Gasteiger partial charge in [0.1, 0.15) is 0 Å². The zero-order chi connectivity index (χ0) is 27.1. The number of rotatable bonds is 4. The summed E-state index contributed by atoms with van der Waals surface area (Å²) in [7, 11) is 0. The first-order valence-electron chi connectivity index (χ1n) is 12.0. The standard InChI is InChI=1S/2C15H12ClNO2.Zn/c2*1-8(15(18)19)9-2-4-11-12-7-10(16)3-5-13(12)17-14(11)6-9;/h2*2-8,17H,1H3,(H,18,19);/q;;+2/p-2. The Morgan fingerprint density at radius 3 is 1.33 bits per heavy atom. The predicted molar refractivity (Wildman–Crippen MR) is 148 cm³/mol. The van der Waals surface area contributed by atoms with Crippen LogP contribution >= 0.6 is 23.2 Å². The van der Waals surface area contributed by atoms with Crippen LogP contribution in [0.1, 0.15) is 36.8 Å². The van der Waals surface area contributed by atoms with Crippen LogP contribution in [0.15, 0.2) is 72.8 Å². The first-order chi connectivity index (χ1) is 18.1. The average molecular weight is 611 g/mol. The molecule has 0 radical (unpaired) electrons. The Morgan fingerprint density at radius 2 is 0.974 bits per heavy atom. The van der Waals surface area contributed by atoms with Gasteiger partial charge in [0.15, 0.2) is 0 Å². The number of halogens is 2. The molecule has 2 unspecified atom stereocenters. The maximum atomic E-state index is 10.9. The molecule has 9 heteroatoms. The number of aromatic nitrogens is 2. The first-order valence-corrected chi connectivity index (χ1v) is 12.7. The van der Waals surface area contributed by atoms with Gasteiger partial charge < -0.3 is 29.8 Å². The Balaban J connectivity index is 0.000000176. The van der Waals surface area contributed by atoms with Gasteiger partial charge in [-0.05, 0) is 59.7 Å². The van der Waals surface area contributed by atoms with Gasteiger partial charge in [-0.2, -0.15) is 0 Å². The van der Waals surface area contributed by atoms with Gasteiger partial charge >= 0.3 is 19.5 Å². The predicted octanol–water partition coefficient (Wildman–Crippen LogP) is 5.65. The summed E-state index contributed by atoms with van der Waals surface area (Å²) in [6.07, 6.45) is 0. The summed E-state index contributed by atoms with van der Waals surface area (Å²) in [6, 6.07) is 22.4. The van der Waals surface area contributed by atoms with Crippen LogP contribution in [0.25, 0.3) is 43.6 Å². The molecule has 6 nitrogen and oxygen atoms in total. The van der Waals surface area contributed by atoms with Crippen LogP contribution in [-0.2, 0) is 29.1 Å². The molecule has 0 saturated carbocycles. The van der Waals surface area contributed by atoms with Crippen molar-refractivity contribution in [2.24, 2.45) is 0 Å². The van der Waals surface area contributed by atoms with Crippen molar-refractivity contribution >= 4 is 78.8 Å². The largest absolute Gasteiger partial charge is 2.00 e. The van der Waals surface area contributed by atoms with Crippen LogP contribution in [0.4, 0.5) is 0 Å². The molecule has 0 aliphatic carbocycles. The summed E-state index contributed by atoms with van der Waals surface area (Å²) in [5.74, 6) is -3.39. The Labute approximate surface area is 246 Å². The molecule has 39 heavy (non-hydrogen) atoms. The van der Waals surface area contributed by atoms with Crippen molar-refractivity contribution in [1.29, 1.82) is 0 Å². The van der Waals surface area contributed by atoms with Crippen molar-refractivity contribution in [2.75, 3.05) is 0 Å². The fourth-order valence-corrected chi connectivity index (χ4v) is 4.94. The third kappa shape index (κ3) is 5.67. The molecule has 6 aromatic rings. The quantitative estimate of drug-likeness (QED) is 0.251. The fraction of sp³-hybridized carbons (Fsp3) is 0.133. The van der Waals surface area contributed by atoms with Crippen LogP contribution in [0.5, 0.6) is 0 Å². The van der Waals surface area contributed by atoms with Crippen molar-refractivity contribution in [3.05, 3.63) is 94.0 Å². The van der Waals surface area contributed by atoms with Crippen molar-refractivity contribution in [3.63, 3.8) is 0 Å². The number of aliphatic carboxylic acids is 2. The number of carboxylic acids is 2. The molecular weight excluding hydrogens is 589 g/mol. The number of carbonyl (C=O) groups is 2. The van der Waals surface area contributed by atoms with E-state index in [1.165, 1.54) is 0 Å². The van der Waals surface area contributed by atoms with Gasteiger partial charge in [-0.25, -0.2) is 0 Å². The molecule has 0 fully saturated rings. The van der Waals surface area contributed by atoms with E-state index in [-0.39, 0.29) is 19.5 Å². The SMILES string of the molecule is CC(C(=O)[O-])c1ccc2c(c1)[nH]c1ccc(Cl)cc12.CC(C(=O)[O-])c1ccc2c(c1)[nH]c1ccc(Cl)cc12.[Zn+2]. The summed E-state index contributed by atoms with van der Waals surface area (Å²) < 4.78 is 0. The Bertz CT molecular complexity index is 1730. The molecule has 0 aliphatic rings. The van der Waals surface area contributed by atoms with E-state index in [1.807, 2.05) is 72.8 Å². The second kappa shape index (κ2) is 11.4. The molecule has 2 heterocycles. The molecule has 0 bridgehead atoms. The summed E-state index contributed by atoms with van der Waals surface area (Å²) in [4.78, 5) is 28.4. The number of hydrogen-bond acceptors (Lipinski definition) is 4. The number of carbonyl (C=O) groups excluding carboxylic acids is 2. The van der Waals surface area contributed by atoms with Gasteiger partial charge in [0.25, 0.3) is 0 Å². The van der Waals surface area contributed by atoms with Crippen molar-refractivity contribution in [1.82, 2.24) is 9.97 Å². The zero-order valence-corrected chi connectivity index (χ0v) is 25.7. The molecule has 6 rings (SSSR count). The number of carboxylic acid groups (broad SMARTS) is 2. The molecule has 0 aliphatic heterocycles. The number of fused-ring (bicyclic) bond motifs is 6. The third-order valence-corrected chi connectivity index (χ3v) is 7.35. The number of hydrogen-bond donors (Lipinski definition) is 2. The topological polar surface area (TPSA) is 112 Å². The van der Waals surface area contributed by atoms with E-state index in [4.69, 9.17) is 23.2 Å². The van der Waals surface area contributed by atoms with Crippen LogP contribution in [-0.4, -0.2) is 21.9 Å². The van der Waals surface area contributed by atoms with Crippen LogP contribution in [0, 0.1) is 0 Å². The first kappa shape index (κ1) is 28.6. The number of H-pyrrole nitrogens is 2. The molecule has 4 aromatic carbocycles. The van der Waals surface area contributed by atoms with E-state index in [9.17, 15) is 19.8 Å². The van der Waals surface area contributed by atoms with E-state index >= 15 is 0 Å². The minimum absolute atomic E-state index is 0. The minimum atomic E-state index is -1.07. The van der Waals surface area contributed by atoms with Gasteiger partial charge in [0.05, 0.1) is 0 Å². The Kier molecular flexibility index (Phi) is 8.36. The number of aromatic amines is 2. The van der Waals surface area contributed by atoms with Gasteiger partial charge in [0.2, 0.25) is 0 Å². The van der Waals surface area contributed by atoms with Gasteiger partial charge in [-0.3, -0.25) is 0 Å². The molecule has 2 atom stereocenters. The van der Waals surface area contributed by atoms with Crippen LogP contribution < -0.4 is 10.2 Å². The zero-order valence-electron chi connectivity index (χ0n) is 21.2. The molecule has 0 spiro atoms. The number of nitrogens with one attached hydrogen (secondary N) is 2. The maximum Gasteiger partial charge on any atom is 2.00 e. The molecular formula is C30H22Cl2N2O4Zn. The summed E-state index contributed by atoms with van der Waals surface area (Å²) in [5, 5.41) is 27.3. The summed E-state index contributed by atoms with van der Waals surface area (Å²) in [5.41, 5.74) is 5.23. The smallest absolute Gasteiger partial charge is 0.550 e. The monoisotopic (exact) mass is 608 g/mol. The van der Waals surface area contributed by atoms with E-state index in [1.54, 1.807) is 13.8 Å². The molecule has 0 saturated heterocycles. The Morgan fingerprint density at radius 1 is 0.590 bits per heavy atom. The van der Waals surface area contributed by atoms with Gasteiger partial charge in [-0.15, -0.1) is 0 Å². The normalized spacial score (nSPS) is 12.6. The van der Waals surface area contributed by atoms with Crippen LogP contribution in [0.3, 0.4) is 0 Å². The van der Waals surface area contributed by atoms with Crippen molar-refractivity contribution in [2.45, 2.75) is 25.7 Å². The van der Waals surface area contributed by atoms with Gasteiger partial charge in [-0.1, -0.05) is 61.3 Å². The summed E-state index contributed by atoms with van der Waals surface area (Å²) in [6.45, 7) is 3.24. The van der Waals surface area contributed by atoms with Gasteiger partial charge in [0, 0.05) is 77.4 Å². The van der Waals surface area contributed by atoms with Crippen molar-refractivity contribution in [3.8, 4) is 0 Å². The molecule has 2 aromatic heterocycles. The van der Waals surface area contributed by atoms with E-state index in [2.05, 4.69) is 9.97 Å².